The van der Waals surface area contributed by atoms with Gasteiger partial charge in [-0.3, -0.25) is 4.79 Å². The van der Waals surface area contributed by atoms with Gasteiger partial charge in [0.05, 0.1) is 6.10 Å². The molecule has 1 fully saturated rings. The minimum atomic E-state index is -0.349. The van der Waals surface area contributed by atoms with Gasteiger partial charge in [-0.05, 0) is 43.9 Å². The lowest BCUT2D eigenvalue weighted by Gasteiger charge is -2.30. The van der Waals surface area contributed by atoms with Crippen LogP contribution >= 0.6 is 0 Å². The number of rotatable bonds is 3. The second-order valence-electron chi connectivity index (χ2n) is 6.00. The molecule has 4 nitrogen and oxygen atoms in total. The van der Waals surface area contributed by atoms with E-state index in [1.807, 2.05) is 6.20 Å². The predicted octanol–water partition coefficient (Wildman–Crippen LogP) is 2.39. The topological polar surface area (TPSA) is 56.3 Å². The molecule has 0 aliphatic carbocycles. The number of carbonyl (C=O) groups excluding carboxylic acids is 1. The van der Waals surface area contributed by atoms with Gasteiger partial charge in [-0.15, -0.1) is 0 Å². The molecule has 1 aromatic heterocycles. The maximum Gasteiger partial charge on any atom is 0.222 e. The summed E-state index contributed by atoms with van der Waals surface area (Å²) in [5.41, 5.74) is 3.55. The number of nitrogens with one attached hydrogen (secondary N) is 1. The van der Waals surface area contributed by atoms with Crippen molar-refractivity contribution in [3.05, 3.63) is 35.5 Å². The first-order valence-electron chi connectivity index (χ1n) is 7.66. The van der Waals surface area contributed by atoms with Crippen LogP contribution in [0.2, 0.25) is 0 Å². The second-order valence-corrected chi connectivity index (χ2v) is 6.00. The molecule has 1 aliphatic rings. The van der Waals surface area contributed by atoms with Crippen LogP contribution in [0.4, 0.5) is 0 Å². The fraction of sp³-hybridized carbons (Fsp3) is 0.471. The lowest BCUT2D eigenvalue weighted by Crippen LogP contribution is -2.42. The van der Waals surface area contributed by atoms with Gasteiger partial charge in [0.15, 0.2) is 0 Å². The number of likely N-dealkylation sites (tertiary alicyclic amines) is 1. The molecule has 112 valence electrons. The van der Waals surface area contributed by atoms with Crippen molar-refractivity contribution >= 4 is 16.8 Å². The molecule has 2 N–H and O–H groups in total. The van der Waals surface area contributed by atoms with E-state index in [0.717, 1.165) is 31.3 Å². The number of hydrogen-bond donors (Lipinski definition) is 2. The molecule has 4 heteroatoms. The third kappa shape index (κ3) is 3.10. The normalized spacial score (nSPS) is 19.1. The number of piperidine rings is 1. The maximum atomic E-state index is 12.2. The molecule has 0 bridgehead atoms. The van der Waals surface area contributed by atoms with Crippen LogP contribution in [-0.2, 0) is 11.2 Å². The summed E-state index contributed by atoms with van der Waals surface area (Å²) in [7, 11) is 0. The summed E-state index contributed by atoms with van der Waals surface area (Å²) in [6.07, 6.45) is 4.62. The van der Waals surface area contributed by atoms with E-state index in [-0.39, 0.29) is 12.0 Å². The molecule has 3 rings (SSSR count). The summed E-state index contributed by atoms with van der Waals surface area (Å²) in [5.74, 6) is 0.149. The van der Waals surface area contributed by atoms with E-state index in [2.05, 4.69) is 30.1 Å². The highest BCUT2D eigenvalue weighted by atomic mass is 16.3. The highest BCUT2D eigenvalue weighted by Crippen LogP contribution is 2.21. The van der Waals surface area contributed by atoms with Crippen LogP contribution in [0.5, 0.6) is 0 Å². The zero-order valence-corrected chi connectivity index (χ0v) is 12.4. The second kappa shape index (κ2) is 5.90. The molecule has 0 spiro atoms. The molecular weight excluding hydrogens is 264 g/mol. The lowest BCUT2D eigenvalue weighted by molar-refractivity contribution is -0.134. The molecule has 2 aromatic rings. The van der Waals surface area contributed by atoms with Crippen LogP contribution in [0.15, 0.2) is 24.4 Å². The van der Waals surface area contributed by atoms with Crippen molar-refractivity contribution in [1.82, 2.24) is 9.88 Å². The van der Waals surface area contributed by atoms with Crippen LogP contribution in [-0.4, -0.2) is 40.1 Å². The van der Waals surface area contributed by atoms with E-state index in [1.54, 1.807) is 4.90 Å². The van der Waals surface area contributed by atoms with E-state index < -0.39 is 0 Å². The summed E-state index contributed by atoms with van der Waals surface area (Å²) in [4.78, 5) is 17.3. The van der Waals surface area contributed by atoms with Crippen molar-refractivity contribution in [2.45, 2.75) is 38.7 Å². The van der Waals surface area contributed by atoms with E-state index >= 15 is 0 Å². The lowest BCUT2D eigenvalue weighted by atomic mass is 10.0. The summed E-state index contributed by atoms with van der Waals surface area (Å²) in [6.45, 7) is 3.35. The smallest absolute Gasteiger partial charge is 0.222 e. The quantitative estimate of drug-likeness (QED) is 0.910. The number of nitrogens with zero attached hydrogens (tertiary/aromatic N) is 1. The summed E-state index contributed by atoms with van der Waals surface area (Å²) < 4.78 is 0. The molecule has 1 aromatic carbocycles. The zero-order chi connectivity index (χ0) is 14.8. The first-order valence-corrected chi connectivity index (χ1v) is 7.66. The van der Waals surface area contributed by atoms with E-state index in [1.165, 1.54) is 16.5 Å². The van der Waals surface area contributed by atoms with E-state index in [0.29, 0.717) is 13.0 Å². The number of β-amino-alcohol motifs (C(OH)–C–C–N with tert-alkyl or cyclic N) is 1. The van der Waals surface area contributed by atoms with E-state index in [4.69, 9.17) is 0 Å². The summed E-state index contributed by atoms with van der Waals surface area (Å²) in [6, 6.07) is 6.33. The Bertz CT molecular complexity index is 647. The van der Waals surface area contributed by atoms with Crippen molar-refractivity contribution in [3.8, 4) is 0 Å². The number of H-pyrrole nitrogens is 1. The molecule has 0 saturated carbocycles. The molecule has 2 heterocycles. The summed E-state index contributed by atoms with van der Waals surface area (Å²) in [5, 5.41) is 10.9. The molecule has 1 amide bonds. The number of aliphatic hydroxyl groups excluding tert-OH is 1. The molecular formula is C17H22N2O2. The first-order chi connectivity index (χ1) is 10.1. The molecule has 21 heavy (non-hydrogen) atoms. The fourth-order valence-corrected chi connectivity index (χ4v) is 3.08. The Hall–Kier alpha value is -1.81. The average Bonchev–Trinajstić information content (AvgIpc) is 2.87. The minimum Gasteiger partial charge on any atom is -0.391 e. The first kappa shape index (κ1) is 14.1. The number of carbonyl (C=O) groups is 1. The standard InChI is InChI=1S/C17H22N2O2/c1-12-4-6-16-15(9-12)13(10-18-16)5-7-17(21)19-8-2-3-14(20)11-19/h4,6,9-10,14,18,20H,2-3,5,7-8,11H2,1H3. The molecule has 1 aliphatic heterocycles. The Balaban J connectivity index is 1.66. The van der Waals surface area contributed by atoms with Crippen molar-refractivity contribution in [2.24, 2.45) is 0 Å². The molecule has 1 unspecified atom stereocenters. The third-order valence-electron chi connectivity index (χ3n) is 4.28. The zero-order valence-electron chi connectivity index (χ0n) is 12.4. The van der Waals surface area contributed by atoms with Crippen molar-refractivity contribution in [2.75, 3.05) is 13.1 Å². The van der Waals surface area contributed by atoms with Gasteiger partial charge in [-0.2, -0.15) is 0 Å². The van der Waals surface area contributed by atoms with E-state index in [9.17, 15) is 9.90 Å². The Kier molecular flexibility index (Phi) is 3.97. The van der Waals surface area contributed by atoms with Crippen molar-refractivity contribution < 1.29 is 9.90 Å². The van der Waals surface area contributed by atoms with Crippen molar-refractivity contribution in [3.63, 3.8) is 0 Å². The van der Waals surface area contributed by atoms with Gasteiger partial charge in [0.1, 0.15) is 0 Å². The number of benzene rings is 1. The molecule has 1 saturated heterocycles. The number of aliphatic hydroxyl groups is 1. The number of aromatic amines is 1. The fourth-order valence-electron chi connectivity index (χ4n) is 3.08. The number of aromatic nitrogens is 1. The largest absolute Gasteiger partial charge is 0.391 e. The highest BCUT2D eigenvalue weighted by molar-refractivity contribution is 5.85. The monoisotopic (exact) mass is 286 g/mol. The highest BCUT2D eigenvalue weighted by Gasteiger charge is 2.21. The van der Waals surface area contributed by atoms with Gasteiger partial charge in [-0.25, -0.2) is 0 Å². The van der Waals surface area contributed by atoms with Gasteiger partial charge in [0.2, 0.25) is 5.91 Å². The van der Waals surface area contributed by atoms with Crippen LogP contribution in [0.1, 0.15) is 30.4 Å². The number of amides is 1. The van der Waals surface area contributed by atoms with Gasteiger partial charge in [0, 0.05) is 36.6 Å². The predicted molar refractivity (Wildman–Crippen MR) is 83.2 cm³/mol. The Labute approximate surface area is 124 Å². The number of aryl methyl sites for hydroxylation is 2. The van der Waals surface area contributed by atoms with Gasteiger partial charge in [-0.1, -0.05) is 11.6 Å². The summed E-state index contributed by atoms with van der Waals surface area (Å²) >= 11 is 0. The average molecular weight is 286 g/mol. The third-order valence-corrected chi connectivity index (χ3v) is 4.28. The van der Waals surface area contributed by atoms with Crippen LogP contribution in [0.25, 0.3) is 10.9 Å². The molecule has 1 atom stereocenters. The Morgan fingerprint density at radius 2 is 2.33 bits per heavy atom. The van der Waals surface area contributed by atoms with Crippen LogP contribution in [0.3, 0.4) is 0 Å². The Morgan fingerprint density at radius 3 is 3.14 bits per heavy atom. The minimum absolute atomic E-state index is 0.149. The van der Waals surface area contributed by atoms with Crippen LogP contribution in [0, 0.1) is 6.92 Å². The van der Waals surface area contributed by atoms with Gasteiger partial charge in [0.25, 0.3) is 0 Å². The van der Waals surface area contributed by atoms with Gasteiger partial charge >= 0.3 is 0 Å². The van der Waals surface area contributed by atoms with Crippen molar-refractivity contribution in [1.29, 1.82) is 0 Å². The SMILES string of the molecule is Cc1ccc2[nH]cc(CCC(=O)N3CCCC(O)C3)c2c1. The van der Waals surface area contributed by atoms with Gasteiger partial charge < -0.3 is 15.0 Å². The molecule has 0 radical (unpaired) electrons. The van der Waals surface area contributed by atoms with Crippen LogP contribution < -0.4 is 0 Å². The maximum absolute atomic E-state index is 12.2. The number of hydrogen-bond acceptors (Lipinski definition) is 2. The Morgan fingerprint density at radius 1 is 1.48 bits per heavy atom. The number of fused-ring (bicyclic) bond motifs is 1.